The largest absolute Gasteiger partial charge is 0.477 e. The fraction of sp³-hybridized carbons (Fsp3) is 0.200. The third-order valence-corrected chi connectivity index (χ3v) is 1.94. The Labute approximate surface area is 96.2 Å². The molecule has 0 aromatic carbocycles. The Morgan fingerprint density at radius 1 is 1.67 bits per heavy atom. The zero-order valence-electron chi connectivity index (χ0n) is 8.25. The van der Waals surface area contributed by atoms with Gasteiger partial charge in [0.2, 0.25) is 0 Å². The number of carbonyl (C=O) groups is 1. The predicted molar refractivity (Wildman–Crippen MR) is 62.5 cm³/mol. The molecular weight excluding hydrogens is 260 g/mol. The van der Waals surface area contributed by atoms with Crippen molar-refractivity contribution in [2.45, 2.75) is 6.92 Å². The maximum absolute atomic E-state index is 10.7. The number of aryl methyl sites for hydroxylation is 1. The van der Waals surface area contributed by atoms with Crippen molar-refractivity contribution >= 4 is 27.6 Å². The standard InChI is InChI=1S/C10H11BrN2O2/c1-6(11)5-12-8-3-7(2)13-9(4-8)10(14)15/h3-4H,1,5H2,2H3,(H,12,13)(H,14,15). The molecule has 4 nitrogen and oxygen atoms in total. The van der Waals surface area contributed by atoms with Gasteiger partial charge in [-0.15, -0.1) is 0 Å². The number of carboxylic acid groups (broad SMARTS) is 1. The number of halogens is 1. The molecule has 1 aromatic rings. The van der Waals surface area contributed by atoms with E-state index in [2.05, 4.69) is 32.8 Å². The van der Waals surface area contributed by atoms with Crippen molar-refractivity contribution in [2.24, 2.45) is 0 Å². The van der Waals surface area contributed by atoms with Crippen LogP contribution in [-0.4, -0.2) is 22.6 Å². The SMILES string of the molecule is C=C(Br)CNc1cc(C)nc(C(=O)O)c1. The molecule has 0 spiro atoms. The summed E-state index contributed by atoms with van der Waals surface area (Å²) in [6.07, 6.45) is 0. The molecule has 0 atom stereocenters. The van der Waals surface area contributed by atoms with Crippen LogP contribution >= 0.6 is 15.9 Å². The number of hydrogen-bond acceptors (Lipinski definition) is 3. The summed E-state index contributed by atoms with van der Waals surface area (Å²) in [7, 11) is 0. The molecule has 0 radical (unpaired) electrons. The molecular formula is C10H11BrN2O2. The maximum atomic E-state index is 10.7. The Bertz CT molecular complexity index is 404. The summed E-state index contributed by atoms with van der Waals surface area (Å²) < 4.78 is 0.800. The average molecular weight is 271 g/mol. The highest BCUT2D eigenvalue weighted by Gasteiger charge is 2.06. The van der Waals surface area contributed by atoms with Gasteiger partial charge in [0.1, 0.15) is 0 Å². The van der Waals surface area contributed by atoms with Gasteiger partial charge < -0.3 is 10.4 Å². The van der Waals surface area contributed by atoms with E-state index in [0.717, 1.165) is 10.2 Å². The third-order valence-electron chi connectivity index (χ3n) is 1.66. The first kappa shape index (κ1) is 11.7. The monoisotopic (exact) mass is 270 g/mol. The number of pyridine rings is 1. The molecule has 1 rings (SSSR count). The Kier molecular flexibility index (Phi) is 3.85. The van der Waals surface area contributed by atoms with Gasteiger partial charge in [-0.2, -0.15) is 0 Å². The second kappa shape index (κ2) is 4.93. The molecule has 2 N–H and O–H groups in total. The van der Waals surface area contributed by atoms with E-state index in [9.17, 15) is 4.79 Å². The minimum absolute atomic E-state index is 0.0395. The molecule has 0 bridgehead atoms. The van der Waals surface area contributed by atoms with E-state index < -0.39 is 5.97 Å². The maximum Gasteiger partial charge on any atom is 0.354 e. The highest BCUT2D eigenvalue weighted by molar-refractivity contribution is 9.11. The fourth-order valence-electron chi connectivity index (χ4n) is 1.08. The Balaban J connectivity index is 2.88. The van der Waals surface area contributed by atoms with Crippen molar-refractivity contribution in [1.29, 1.82) is 0 Å². The molecule has 0 saturated heterocycles. The van der Waals surface area contributed by atoms with Crippen LogP contribution in [0.25, 0.3) is 0 Å². The van der Waals surface area contributed by atoms with Crippen molar-refractivity contribution in [2.75, 3.05) is 11.9 Å². The van der Waals surface area contributed by atoms with Crippen LogP contribution in [0.4, 0.5) is 5.69 Å². The first-order chi connectivity index (χ1) is 6.99. The summed E-state index contributed by atoms with van der Waals surface area (Å²) in [5.74, 6) is -1.03. The zero-order valence-corrected chi connectivity index (χ0v) is 9.84. The normalized spacial score (nSPS) is 9.73. The van der Waals surface area contributed by atoms with Crippen LogP contribution in [0.5, 0.6) is 0 Å². The third kappa shape index (κ3) is 3.71. The molecule has 0 amide bonds. The minimum Gasteiger partial charge on any atom is -0.477 e. The van der Waals surface area contributed by atoms with Crippen molar-refractivity contribution in [3.63, 3.8) is 0 Å². The summed E-state index contributed by atoms with van der Waals surface area (Å²) in [6.45, 7) is 5.97. The summed E-state index contributed by atoms with van der Waals surface area (Å²) in [5, 5.41) is 11.8. The molecule has 0 aliphatic carbocycles. The lowest BCUT2D eigenvalue weighted by Gasteiger charge is -2.06. The molecule has 80 valence electrons. The second-order valence-corrected chi connectivity index (χ2v) is 4.18. The number of rotatable bonds is 4. The van der Waals surface area contributed by atoms with Gasteiger partial charge in [0.15, 0.2) is 5.69 Å². The van der Waals surface area contributed by atoms with Gasteiger partial charge in [0.25, 0.3) is 0 Å². The molecule has 0 saturated carbocycles. The Hall–Kier alpha value is -1.36. The van der Waals surface area contributed by atoms with Crippen LogP contribution < -0.4 is 5.32 Å². The van der Waals surface area contributed by atoms with Crippen molar-refractivity contribution in [3.8, 4) is 0 Å². The van der Waals surface area contributed by atoms with E-state index in [4.69, 9.17) is 5.11 Å². The number of anilines is 1. The number of aromatic carboxylic acids is 1. The zero-order chi connectivity index (χ0) is 11.4. The summed E-state index contributed by atoms with van der Waals surface area (Å²) in [6, 6.07) is 3.27. The quantitative estimate of drug-likeness (QED) is 0.882. The molecule has 0 aliphatic heterocycles. The van der Waals surface area contributed by atoms with E-state index in [1.807, 2.05) is 0 Å². The Morgan fingerprint density at radius 2 is 2.33 bits per heavy atom. The summed E-state index contributed by atoms with van der Waals surface area (Å²) in [4.78, 5) is 14.6. The first-order valence-electron chi connectivity index (χ1n) is 4.28. The number of carboxylic acids is 1. The number of aromatic nitrogens is 1. The van der Waals surface area contributed by atoms with E-state index in [1.165, 1.54) is 6.07 Å². The highest BCUT2D eigenvalue weighted by Crippen LogP contribution is 2.12. The molecule has 1 aromatic heterocycles. The van der Waals surface area contributed by atoms with Crippen LogP contribution in [0, 0.1) is 6.92 Å². The summed E-state index contributed by atoms with van der Waals surface area (Å²) in [5.41, 5.74) is 1.43. The molecule has 0 fully saturated rings. The molecule has 0 aliphatic rings. The first-order valence-corrected chi connectivity index (χ1v) is 5.07. The average Bonchev–Trinajstić information content (AvgIpc) is 2.13. The van der Waals surface area contributed by atoms with Gasteiger partial charge in [-0.1, -0.05) is 22.5 Å². The minimum atomic E-state index is -1.03. The fourth-order valence-corrected chi connectivity index (χ4v) is 1.22. The van der Waals surface area contributed by atoms with Gasteiger partial charge in [0.05, 0.1) is 0 Å². The van der Waals surface area contributed by atoms with E-state index in [0.29, 0.717) is 12.2 Å². The van der Waals surface area contributed by atoms with Crippen LogP contribution in [0.2, 0.25) is 0 Å². The van der Waals surface area contributed by atoms with Crippen LogP contribution in [-0.2, 0) is 0 Å². The van der Waals surface area contributed by atoms with Gasteiger partial charge in [-0.25, -0.2) is 9.78 Å². The van der Waals surface area contributed by atoms with E-state index in [-0.39, 0.29) is 5.69 Å². The predicted octanol–water partition coefficient (Wildman–Crippen LogP) is 2.41. The molecule has 0 unspecified atom stereocenters. The molecule has 15 heavy (non-hydrogen) atoms. The number of nitrogens with zero attached hydrogens (tertiary/aromatic N) is 1. The Morgan fingerprint density at radius 3 is 2.87 bits per heavy atom. The van der Waals surface area contributed by atoms with Gasteiger partial charge in [0, 0.05) is 22.4 Å². The van der Waals surface area contributed by atoms with E-state index in [1.54, 1.807) is 13.0 Å². The van der Waals surface area contributed by atoms with E-state index >= 15 is 0 Å². The lowest BCUT2D eigenvalue weighted by atomic mass is 10.2. The molecule has 1 heterocycles. The second-order valence-electron chi connectivity index (χ2n) is 3.06. The van der Waals surface area contributed by atoms with Crippen molar-refractivity contribution < 1.29 is 9.90 Å². The van der Waals surface area contributed by atoms with Crippen molar-refractivity contribution in [1.82, 2.24) is 4.98 Å². The van der Waals surface area contributed by atoms with Gasteiger partial charge >= 0.3 is 5.97 Å². The summed E-state index contributed by atoms with van der Waals surface area (Å²) >= 11 is 3.21. The topological polar surface area (TPSA) is 62.2 Å². The lowest BCUT2D eigenvalue weighted by molar-refractivity contribution is 0.0690. The van der Waals surface area contributed by atoms with Crippen molar-refractivity contribution in [3.05, 3.63) is 34.6 Å². The van der Waals surface area contributed by atoms with Crippen LogP contribution in [0.15, 0.2) is 23.2 Å². The number of hydrogen-bond donors (Lipinski definition) is 2. The highest BCUT2D eigenvalue weighted by atomic mass is 79.9. The van der Waals surface area contributed by atoms with Gasteiger partial charge in [-0.05, 0) is 19.1 Å². The van der Waals surface area contributed by atoms with Gasteiger partial charge in [-0.3, -0.25) is 0 Å². The molecule has 5 heteroatoms. The number of nitrogens with one attached hydrogen (secondary N) is 1. The van der Waals surface area contributed by atoms with Crippen LogP contribution in [0.1, 0.15) is 16.2 Å². The lowest BCUT2D eigenvalue weighted by Crippen LogP contribution is -2.06. The van der Waals surface area contributed by atoms with Crippen LogP contribution in [0.3, 0.4) is 0 Å². The smallest absolute Gasteiger partial charge is 0.354 e.